The van der Waals surface area contributed by atoms with Crippen LogP contribution in [0.1, 0.15) is 34.2 Å². The topological polar surface area (TPSA) is 85.3 Å². The maximum Gasteiger partial charge on any atom is 0.305 e. The minimum absolute atomic E-state index is 0.124. The van der Waals surface area contributed by atoms with Gasteiger partial charge in [0.25, 0.3) is 5.79 Å². The summed E-state index contributed by atoms with van der Waals surface area (Å²) >= 11 is 1.32. The zero-order valence-electron chi connectivity index (χ0n) is 26.8. The summed E-state index contributed by atoms with van der Waals surface area (Å²) in [5.74, 6) is -2.29. The highest BCUT2D eigenvalue weighted by Gasteiger charge is 2.61. The van der Waals surface area contributed by atoms with E-state index in [0.717, 1.165) is 22.3 Å². The van der Waals surface area contributed by atoms with Gasteiger partial charge in [-0.25, -0.2) is 4.98 Å². The van der Waals surface area contributed by atoms with Gasteiger partial charge in [0.15, 0.2) is 11.1 Å². The number of hydrogen-bond acceptors (Lipinski definition) is 9. The molecule has 1 saturated heterocycles. The third-order valence-corrected chi connectivity index (χ3v) is 8.82. The van der Waals surface area contributed by atoms with Crippen LogP contribution in [0.15, 0.2) is 133 Å². The molecule has 0 bridgehead atoms. The van der Waals surface area contributed by atoms with E-state index in [1.807, 2.05) is 127 Å². The molecule has 2 heterocycles. The van der Waals surface area contributed by atoms with Gasteiger partial charge < -0.3 is 28.4 Å². The first kappa shape index (κ1) is 33.7. The molecular formula is C39H39NO7S. The van der Waals surface area contributed by atoms with Crippen LogP contribution in [0, 0.1) is 0 Å². The Labute approximate surface area is 285 Å². The first-order chi connectivity index (χ1) is 23.6. The Morgan fingerprint density at radius 1 is 0.688 bits per heavy atom. The lowest BCUT2D eigenvalue weighted by Crippen LogP contribution is -2.66. The third-order valence-electron chi connectivity index (χ3n) is 7.95. The monoisotopic (exact) mass is 665 g/mol. The fourth-order valence-corrected chi connectivity index (χ4v) is 6.49. The van der Waals surface area contributed by atoms with E-state index < -0.39 is 36.2 Å². The van der Waals surface area contributed by atoms with E-state index in [0.29, 0.717) is 18.2 Å². The second kappa shape index (κ2) is 16.7. The number of carbonyl (C=O) groups excluding carboxylic acids is 1. The van der Waals surface area contributed by atoms with Crippen LogP contribution >= 0.6 is 11.3 Å². The molecule has 0 amide bonds. The van der Waals surface area contributed by atoms with Crippen molar-refractivity contribution in [3.63, 3.8) is 0 Å². The molecule has 9 heteroatoms. The zero-order valence-corrected chi connectivity index (χ0v) is 27.6. The fraction of sp³-hybridized carbons (Fsp3) is 0.282. The Morgan fingerprint density at radius 2 is 1.17 bits per heavy atom. The highest BCUT2D eigenvalue weighted by atomic mass is 32.1. The van der Waals surface area contributed by atoms with Crippen LogP contribution in [0.2, 0.25) is 0 Å². The van der Waals surface area contributed by atoms with Gasteiger partial charge in [-0.2, -0.15) is 0 Å². The van der Waals surface area contributed by atoms with E-state index in [-0.39, 0.29) is 19.8 Å². The molecule has 1 aromatic heterocycles. The van der Waals surface area contributed by atoms with Crippen molar-refractivity contribution in [2.45, 2.75) is 63.6 Å². The molecule has 48 heavy (non-hydrogen) atoms. The molecule has 248 valence electrons. The Bertz CT molecular complexity index is 1660. The fourth-order valence-electron chi connectivity index (χ4n) is 5.74. The smallest absolute Gasteiger partial charge is 0.305 e. The van der Waals surface area contributed by atoms with Crippen molar-refractivity contribution in [3.05, 3.63) is 160 Å². The molecule has 6 rings (SSSR count). The summed E-state index contributed by atoms with van der Waals surface area (Å²) in [6.45, 7) is 2.58. The second-order valence-electron chi connectivity index (χ2n) is 11.5. The van der Waals surface area contributed by atoms with Gasteiger partial charge in [0.1, 0.15) is 18.3 Å². The van der Waals surface area contributed by atoms with Crippen molar-refractivity contribution in [1.82, 2.24) is 4.98 Å². The van der Waals surface area contributed by atoms with Crippen LogP contribution in [0.25, 0.3) is 0 Å². The molecule has 1 fully saturated rings. The first-order valence-electron chi connectivity index (χ1n) is 16.0. The predicted octanol–water partition coefficient (Wildman–Crippen LogP) is 7.23. The molecule has 8 nitrogen and oxygen atoms in total. The summed E-state index contributed by atoms with van der Waals surface area (Å²) in [5.41, 5.74) is 3.91. The van der Waals surface area contributed by atoms with Crippen molar-refractivity contribution in [1.29, 1.82) is 0 Å². The zero-order chi connectivity index (χ0) is 33.0. The second-order valence-corrected chi connectivity index (χ2v) is 12.4. The molecule has 0 unspecified atom stereocenters. The normalized spacial score (nSPS) is 22.3. The minimum Gasteiger partial charge on any atom is -0.423 e. The number of thiazole rings is 1. The minimum atomic E-state index is -1.75. The van der Waals surface area contributed by atoms with Gasteiger partial charge in [0.2, 0.25) is 0 Å². The van der Waals surface area contributed by atoms with Gasteiger partial charge in [-0.3, -0.25) is 4.79 Å². The number of benzene rings is 4. The molecule has 0 N–H and O–H groups in total. The molecule has 1 aliphatic rings. The Balaban J connectivity index is 1.40. The standard InChI is InChI=1S/C39H39NO7S/c1-29(41)46-39(38-40-22-23-48-38)37(45-27-33-20-12-5-13-21-33)36(44-26-32-18-10-4-11-19-32)35(43-25-31-16-8-3-9-17-31)34(47-39)28-42-24-30-14-6-2-7-15-30/h2-23,34-37H,24-28H2,1H3/t34-,35+,36+,37-,39-/m1/s1. The number of ether oxygens (including phenoxy) is 6. The van der Waals surface area contributed by atoms with Crippen LogP contribution in [0.4, 0.5) is 0 Å². The SMILES string of the molecule is CC(=O)O[C@@]1(c2nccs2)O[C@H](COCc2ccccc2)[C@H](OCc2ccccc2)[C@H](OCc2ccccc2)[C@H]1OCc1ccccc1. The lowest BCUT2D eigenvalue weighted by molar-refractivity contribution is -0.379. The molecule has 0 radical (unpaired) electrons. The summed E-state index contributed by atoms with van der Waals surface area (Å²) in [5, 5.41) is 2.25. The summed E-state index contributed by atoms with van der Waals surface area (Å²) in [7, 11) is 0. The van der Waals surface area contributed by atoms with E-state index in [2.05, 4.69) is 4.98 Å². The van der Waals surface area contributed by atoms with Crippen molar-refractivity contribution < 1.29 is 33.2 Å². The van der Waals surface area contributed by atoms with Crippen molar-refractivity contribution in [3.8, 4) is 0 Å². The lowest BCUT2D eigenvalue weighted by atomic mass is 9.91. The molecule has 5 aromatic rings. The molecule has 4 aromatic carbocycles. The predicted molar refractivity (Wildman–Crippen MR) is 182 cm³/mol. The number of carbonyl (C=O) groups is 1. The van der Waals surface area contributed by atoms with Crippen molar-refractivity contribution in [2.24, 2.45) is 0 Å². The van der Waals surface area contributed by atoms with Crippen LogP contribution in [0.5, 0.6) is 0 Å². The van der Waals surface area contributed by atoms with E-state index >= 15 is 0 Å². The van der Waals surface area contributed by atoms with Crippen LogP contribution in [0.3, 0.4) is 0 Å². The van der Waals surface area contributed by atoms with Crippen LogP contribution in [-0.2, 0) is 65.4 Å². The Kier molecular flexibility index (Phi) is 11.7. The molecule has 0 aliphatic carbocycles. The number of rotatable bonds is 15. The Morgan fingerprint density at radius 3 is 1.65 bits per heavy atom. The molecule has 5 atom stereocenters. The van der Waals surface area contributed by atoms with E-state index in [1.165, 1.54) is 18.3 Å². The summed E-state index contributed by atoms with van der Waals surface area (Å²) in [6, 6.07) is 39.5. The van der Waals surface area contributed by atoms with Gasteiger partial charge in [-0.1, -0.05) is 121 Å². The van der Waals surface area contributed by atoms with Gasteiger partial charge in [-0.05, 0) is 22.3 Å². The largest absolute Gasteiger partial charge is 0.423 e. The van der Waals surface area contributed by atoms with Crippen molar-refractivity contribution in [2.75, 3.05) is 6.61 Å². The maximum atomic E-state index is 12.9. The quantitative estimate of drug-likeness (QED) is 0.108. The number of hydrogen-bond donors (Lipinski definition) is 0. The Hall–Kier alpha value is -4.22. The summed E-state index contributed by atoms with van der Waals surface area (Å²) in [4.78, 5) is 17.5. The van der Waals surface area contributed by atoms with E-state index in [1.54, 1.807) is 6.20 Å². The number of aromatic nitrogens is 1. The molecule has 0 saturated carbocycles. The maximum absolute atomic E-state index is 12.9. The van der Waals surface area contributed by atoms with Gasteiger partial charge >= 0.3 is 5.97 Å². The number of nitrogens with zero attached hydrogens (tertiary/aromatic N) is 1. The van der Waals surface area contributed by atoms with Crippen LogP contribution < -0.4 is 0 Å². The van der Waals surface area contributed by atoms with E-state index in [9.17, 15) is 4.79 Å². The van der Waals surface area contributed by atoms with Crippen molar-refractivity contribution >= 4 is 17.3 Å². The molecule has 1 aliphatic heterocycles. The van der Waals surface area contributed by atoms with E-state index in [4.69, 9.17) is 28.4 Å². The van der Waals surface area contributed by atoms with Gasteiger partial charge in [0, 0.05) is 18.5 Å². The highest BCUT2D eigenvalue weighted by Crippen LogP contribution is 2.45. The third kappa shape index (κ3) is 8.62. The molecule has 0 spiro atoms. The number of esters is 1. The molecular weight excluding hydrogens is 626 g/mol. The summed E-state index contributed by atoms with van der Waals surface area (Å²) < 4.78 is 39.6. The first-order valence-corrected chi connectivity index (χ1v) is 16.8. The highest BCUT2D eigenvalue weighted by molar-refractivity contribution is 7.09. The van der Waals surface area contributed by atoms with Crippen LogP contribution in [-0.4, -0.2) is 42.0 Å². The average Bonchev–Trinajstić information content (AvgIpc) is 3.68. The van der Waals surface area contributed by atoms with Gasteiger partial charge in [0.05, 0.1) is 33.0 Å². The average molecular weight is 666 g/mol. The van der Waals surface area contributed by atoms with Gasteiger partial charge in [-0.15, -0.1) is 11.3 Å². The summed E-state index contributed by atoms with van der Waals surface area (Å²) in [6.07, 6.45) is -1.52. The lowest BCUT2D eigenvalue weighted by Gasteiger charge is -2.50.